The quantitative estimate of drug-likeness (QED) is 0.769. The topological polar surface area (TPSA) is 74.8 Å². The summed E-state index contributed by atoms with van der Waals surface area (Å²) in [6.07, 6.45) is 0.895. The van der Waals surface area contributed by atoms with Crippen LogP contribution in [0.4, 0.5) is 5.69 Å². The molecule has 0 fully saturated rings. The maximum absolute atomic E-state index is 12.8. The van der Waals surface area contributed by atoms with Crippen molar-refractivity contribution in [1.29, 1.82) is 0 Å². The van der Waals surface area contributed by atoms with Crippen LogP contribution in [-0.2, 0) is 4.79 Å². The van der Waals surface area contributed by atoms with Gasteiger partial charge in [0.05, 0.1) is 16.8 Å². The number of nitrogens with zero attached hydrogens (tertiary/aromatic N) is 2. The van der Waals surface area contributed by atoms with Gasteiger partial charge >= 0.3 is 0 Å². The number of rotatable bonds is 4. The molecule has 142 valence electrons. The van der Waals surface area contributed by atoms with Crippen molar-refractivity contribution in [3.63, 3.8) is 0 Å². The molecule has 2 aliphatic rings. The first kappa shape index (κ1) is 18.1. The van der Waals surface area contributed by atoms with E-state index in [9.17, 15) is 19.2 Å². The molecule has 0 N–H and O–H groups in total. The summed E-state index contributed by atoms with van der Waals surface area (Å²) in [5.74, 6) is -0.663. The smallest absolute Gasteiger partial charge is 0.261 e. The van der Waals surface area contributed by atoms with E-state index in [-0.39, 0.29) is 36.5 Å². The summed E-state index contributed by atoms with van der Waals surface area (Å²) >= 11 is 0. The molecule has 0 saturated heterocycles. The Hall–Kier alpha value is -3.28. The van der Waals surface area contributed by atoms with Gasteiger partial charge in [0, 0.05) is 31.5 Å². The van der Waals surface area contributed by atoms with Crippen molar-refractivity contribution in [1.82, 2.24) is 4.90 Å². The Labute approximate surface area is 162 Å². The lowest BCUT2D eigenvalue weighted by Gasteiger charge is -2.30. The average molecular weight is 376 g/mol. The van der Waals surface area contributed by atoms with Gasteiger partial charge in [0.1, 0.15) is 0 Å². The largest absolute Gasteiger partial charge is 0.311 e. The van der Waals surface area contributed by atoms with Gasteiger partial charge in [-0.05, 0) is 37.1 Å². The lowest BCUT2D eigenvalue weighted by atomic mass is 9.96. The standard InChI is InChI=1S/C22H20N2O4/c1-14-6-4-9-17-18(25)11-13-23(20(14)17)19(26)10-5-12-24-21(27)15-7-2-3-8-16(15)22(24)28/h2-4,6-9H,5,10-13H2,1H3. The van der Waals surface area contributed by atoms with Crippen LogP contribution in [0.25, 0.3) is 0 Å². The third kappa shape index (κ3) is 2.91. The third-order valence-corrected chi connectivity index (χ3v) is 5.32. The number of benzene rings is 2. The Morgan fingerprint density at radius 1 is 0.929 bits per heavy atom. The first-order valence-electron chi connectivity index (χ1n) is 9.37. The van der Waals surface area contributed by atoms with Gasteiger partial charge in [0.15, 0.2) is 5.78 Å². The monoisotopic (exact) mass is 376 g/mol. The van der Waals surface area contributed by atoms with E-state index < -0.39 is 0 Å². The molecule has 0 aromatic heterocycles. The zero-order valence-electron chi connectivity index (χ0n) is 15.6. The highest BCUT2D eigenvalue weighted by molar-refractivity contribution is 6.21. The van der Waals surface area contributed by atoms with Crippen LogP contribution < -0.4 is 4.90 Å². The summed E-state index contributed by atoms with van der Waals surface area (Å²) in [5.41, 5.74) is 2.99. The Morgan fingerprint density at radius 2 is 1.57 bits per heavy atom. The zero-order chi connectivity index (χ0) is 19.8. The van der Waals surface area contributed by atoms with Gasteiger partial charge in [-0.25, -0.2) is 0 Å². The van der Waals surface area contributed by atoms with Gasteiger partial charge in [-0.3, -0.25) is 24.1 Å². The van der Waals surface area contributed by atoms with Crippen molar-refractivity contribution in [2.75, 3.05) is 18.0 Å². The first-order chi connectivity index (χ1) is 13.5. The van der Waals surface area contributed by atoms with Crippen LogP contribution in [0.3, 0.4) is 0 Å². The van der Waals surface area contributed by atoms with Gasteiger partial charge in [0.2, 0.25) is 5.91 Å². The van der Waals surface area contributed by atoms with Crippen LogP contribution in [0.15, 0.2) is 42.5 Å². The molecule has 0 saturated carbocycles. The fraction of sp³-hybridized carbons (Fsp3) is 0.273. The Kier molecular flexibility index (Phi) is 4.55. The molecule has 0 unspecified atom stereocenters. The number of carbonyl (C=O) groups excluding carboxylic acids is 4. The summed E-state index contributed by atoms with van der Waals surface area (Å²) in [6, 6.07) is 12.2. The predicted molar refractivity (Wildman–Crippen MR) is 104 cm³/mol. The van der Waals surface area contributed by atoms with Crippen LogP contribution in [0.2, 0.25) is 0 Å². The Balaban J connectivity index is 1.43. The number of hydrogen-bond acceptors (Lipinski definition) is 4. The molecule has 3 amide bonds. The molecule has 6 heteroatoms. The average Bonchev–Trinajstić information content (AvgIpc) is 2.94. The lowest BCUT2D eigenvalue weighted by Crippen LogP contribution is -2.38. The lowest BCUT2D eigenvalue weighted by molar-refractivity contribution is -0.118. The number of imide groups is 1. The van der Waals surface area contributed by atoms with Crippen LogP contribution in [0.5, 0.6) is 0 Å². The van der Waals surface area contributed by atoms with Crippen LogP contribution in [-0.4, -0.2) is 41.5 Å². The minimum atomic E-state index is -0.308. The number of aryl methyl sites for hydroxylation is 1. The molecule has 0 aliphatic carbocycles. The highest BCUT2D eigenvalue weighted by atomic mass is 16.2. The molecule has 0 radical (unpaired) electrons. The van der Waals surface area contributed by atoms with Crippen molar-refractivity contribution in [3.05, 3.63) is 64.7 Å². The number of Topliss-reactive ketones (excluding diaryl/α,β-unsaturated/α-hetero) is 1. The van der Waals surface area contributed by atoms with Crippen molar-refractivity contribution in [2.45, 2.75) is 26.2 Å². The van der Waals surface area contributed by atoms with Gasteiger partial charge in [0.25, 0.3) is 11.8 Å². The maximum Gasteiger partial charge on any atom is 0.261 e. The number of para-hydroxylation sites is 1. The zero-order valence-corrected chi connectivity index (χ0v) is 15.6. The van der Waals surface area contributed by atoms with Crippen LogP contribution in [0, 0.1) is 6.92 Å². The van der Waals surface area contributed by atoms with Crippen LogP contribution >= 0.6 is 0 Å². The fourth-order valence-electron chi connectivity index (χ4n) is 3.92. The molecule has 6 nitrogen and oxygen atoms in total. The van der Waals surface area contributed by atoms with Gasteiger partial charge < -0.3 is 4.90 Å². The molecule has 0 bridgehead atoms. The molecular formula is C22H20N2O4. The Bertz CT molecular complexity index is 976. The molecule has 2 aromatic rings. The van der Waals surface area contributed by atoms with Crippen molar-refractivity contribution < 1.29 is 19.2 Å². The number of anilines is 1. The highest BCUT2D eigenvalue weighted by Crippen LogP contribution is 2.31. The molecule has 28 heavy (non-hydrogen) atoms. The SMILES string of the molecule is Cc1cccc2c1N(C(=O)CCCN1C(=O)c3ccccc3C1=O)CCC2=O. The maximum atomic E-state index is 12.8. The first-order valence-corrected chi connectivity index (χ1v) is 9.37. The van der Waals surface area contributed by atoms with E-state index in [1.165, 1.54) is 4.90 Å². The van der Waals surface area contributed by atoms with E-state index in [1.54, 1.807) is 35.2 Å². The van der Waals surface area contributed by atoms with E-state index in [2.05, 4.69) is 0 Å². The van der Waals surface area contributed by atoms with Crippen molar-refractivity contribution >= 4 is 29.2 Å². The minimum absolute atomic E-state index is 0.0498. The predicted octanol–water partition coefficient (Wildman–Crippen LogP) is 2.99. The van der Waals surface area contributed by atoms with E-state index in [0.29, 0.717) is 41.8 Å². The van der Waals surface area contributed by atoms with Crippen molar-refractivity contribution in [3.8, 4) is 0 Å². The molecular weight excluding hydrogens is 356 g/mol. The third-order valence-electron chi connectivity index (χ3n) is 5.32. The summed E-state index contributed by atoms with van der Waals surface area (Å²) in [7, 11) is 0. The molecule has 2 aromatic carbocycles. The second kappa shape index (κ2) is 7.03. The summed E-state index contributed by atoms with van der Waals surface area (Å²) < 4.78 is 0. The Morgan fingerprint density at radius 3 is 2.25 bits per heavy atom. The fourth-order valence-corrected chi connectivity index (χ4v) is 3.92. The van der Waals surface area contributed by atoms with E-state index >= 15 is 0 Å². The van der Waals surface area contributed by atoms with Gasteiger partial charge in [-0.1, -0.05) is 24.3 Å². The highest BCUT2D eigenvalue weighted by Gasteiger charge is 2.35. The number of ketones is 1. The van der Waals surface area contributed by atoms with E-state index in [4.69, 9.17) is 0 Å². The normalized spacial score (nSPS) is 15.7. The number of hydrogen-bond donors (Lipinski definition) is 0. The second-order valence-corrected chi connectivity index (χ2v) is 7.10. The molecule has 2 heterocycles. The van der Waals surface area contributed by atoms with Gasteiger partial charge in [-0.15, -0.1) is 0 Å². The van der Waals surface area contributed by atoms with Crippen LogP contribution in [0.1, 0.15) is 55.9 Å². The summed E-state index contributed by atoms with van der Waals surface area (Å²) in [6.45, 7) is 2.45. The second-order valence-electron chi connectivity index (χ2n) is 7.10. The summed E-state index contributed by atoms with van der Waals surface area (Å²) in [5, 5.41) is 0. The summed E-state index contributed by atoms with van der Waals surface area (Å²) in [4.78, 5) is 52.6. The molecule has 4 rings (SSSR count). The number of amides is 3. The number of carbonyl (C=O) groups is 4. The number of fused-ring (bicyclic) bond motifs is 2. The van der Waals surface area contributed by atoms with E-state index in [0.717, 1.165) is 5.56 Å². The molecule has 2 aliphatic heterocycles. The molecule has 0 atom stereocenters. The van der Waals surface area contributed by atoms with E-state index in [1.807, 2.05) is 19.1 Å². The minimum Gasteiger partial charge on any atom is -0.311 e. The van der Waals surface area contributed by atoms with Crippen molar-refractivity contribution in [2.24, 2.45) is 0 Å². The van der Waals surface area contributed by atoms with Gasteiger partial charge in [-0.2, -0.15) is 0 Å². The molecule has 0 spiro atoms.